The lowest BCUT2D eigenvalue weighted by atomic mass is 10.1. The highest BCUT2D eigenvalue weighted by Crippen LogP contribution is 2.24. The van der Waals surface area contributed by atoms with Crippen LogP contribution in [0.2, 0.25) is 0 Å². The van der Waals surface area contributed by atoms with E-state index in [0.717, 1.165) is 16.7 Å². The fourth-order valence-electron chi connectivity index (χ4n) is 1.84. The molecule has 1 aromatic heterocycles. The molecule has 96 valence electrons. The molecule has 0 fully saturated rings. The summed E-state index contributed by atoms with van der Waals surface area (Å²) in [5.41, 5.74) is 3.71. The van der Waals surface area contributed by atoms with Gasteiger partial charge in [0.05, 0.1) is 0 Å². The summed E-state index contributed by atoms with van der Waals surface area (Å²) in [5, 5.41) is 5.57. The standard InChI is InChI=1S/C14H17BrN2S/c1-10-4-5-12(7-14(10)17(2)3)16-8-13-6-11(15)9-18-13/h4-7,9,16H,8H2,1-3H3. The van der Waals surface area contributed by atoms with Gasteiger partial charge in [0.25, 0.3) is 0 Å². The fraction of sp³-hybridized carbons (Fsp3) is 0.286. The van der Waals surface area contributed by atoms with Crippen LogP contribution in [0.5, 0.6) is 0 Å². The quantitative estimate of drug-likeness (QED) is 0.890. The van der Waals surface area contributed by atoms with Crippen molar-refractivity contribution in [2.75, 3.05) is 24.3 Å². The first-order valence-electron chi connectivity index (χ1n) is 5.81. The average molecular weight is 325 g/mol. The minimum absolute atomic E-state index is 0.867. The number of aryl methyl sites for hydroxylation is 1. The molecule has 0 atom stereocenters. The van der Waals surface area contributed by atoms with Gasteiger partial charge < -0.3 is 10.2 Å². The Labute approximate surface area is 121 Å². The molecule has 1 N–H and O–H groups in total. The molecule has 0 saturated carbocycles. The molecule has 0 saturated heterocycles. The van der Waals surface area contributed by atoms with E-state index in [1.54, 1.807) is 11.3 Å². The Kier molecular flexibility index (Phi) is 4.30. The summed E-state index contributed by atoms with van der Waals surface area (Å²) in [6.07, 6.45) is 0. The third kappa shape index (κ3) is 3.27. The van der Waals surface area contributed by atoms with Crippen molar-refractivity contribution in [1.82, 2.24) is 0 Å². The Balaban J connectivity index is 2.08. The van der Waals surface area contributed by atoms with Gasteiger partial charge in [-0.25, -0.2) is 0 Å². The van der Waals surface area contributed by atoms with Crippen molar-refractivity contribution in [3.8, 4) is 0 Å². The number of hydrogen-bond donors (Lipinski definition) is 1. The van der Waals surface area contributed by atoms with Gasteiger partial charge in [0.15, 0.2) is 0 Å². The van der Waals surface area contributed by atoms with Crippen LogP contribution < -0.4 is 10.2 Å². The molecule has 0 spiro atoms. The molecule has 1 heterocycles. The van der Waals surface area contributed by atoms with Crippen molar-refractivity contribution >= 4 is 38.6 Å². The second kappa shape index (κ2) is 5.76. The molecule has 2 rings (SSSR count). The Morgan fingerprint density at radius 1 is 1.28 bits per heavy atom. The molecule has 4 heteroatoms. The average Bonchev–Trinajstić information content (AvgIpc) is 2.74. The Hall–Kier alpha value is -1.00. The van der Waals surface area contributed by atoms with Gasteiger partial charge in [-0.1, -0.05) is 6.07 Å². The van der Waals surface area contributed by atoms with Crippen LogP contribution >= 0.6 is 27.3 Å². The lowest BCUT2D eigenvalue weighted by molar-refractivity contribution is 1.11. The van der Waals surface area contributed by atoms with Gasteiger partial charge in [-0.2, -0.15) is 0 Å². The van der Waals surface area contributed by atoms with E-state index in [2.05, 4.69) is 76.8 Å². The summed E-state index contributed by atoms with van der Waals surface area (Å²) < 4.78 is 1.15. The van der Waals surface area contributed by atoms with Crippen molar-refractivity contribution in [3.05, 3.63) is 44.6 Å². The fourth-order valence-corrected chi connectivity index (χ4v) is 3.23. The van der Waals surface area contributed by atoms with Gasteiger partial charge in [-0.05, 0) is 46.6 Å². The van der Waals surface area contributed by atoms with Gasteiger partial charge in [0.1, 0.15) is 0 Å². The van der Waals surface area contributed by atoms with E-state index in [4.69, 9.17) is 0 Å². The predicted octanol–water partition coefficient (Wildman–Crippen LogP) is 4.50. The minimum Gasteiger partial charge on any atom is -0.380 e. The molecule has 2 aromatic rings. The maximum absolute atomic E-state index is 3.47. The largest absolute Gasteiger partial charge is 0.380 e. The number of hydrogen-bond acceptors (Lipinski definition) is 3. The third-order valence-corrected chi connectivity index (χ3v) is 4.48. The Bertz CT molecular complexity index is 534. The molecular weight excluding hydrogens is 308 g/mol. The summed E-state index contributed by atoms with van der Waals surface area (Å²) in [6, 6.07) is 8.63. The SMILES string of the molecule is Cc1ccc(NCc2cc(Br)cs2)cc1N(C)C. The first-order valence-corrected chi connectivity index (χ1v) is 7.48. The van der Waals surface area contributed by atoms with Crippen LogP contribution in [-0.4, -0.2) is 14.1 Å². The molecule has 18 heavy (non-hydrogen) atoms. The van der Waals surface area contributed by atoms with Crippen LogP contribution in [0.25, 0.3) is 0 Å². The highest BCUT2D eigenvalue weighted by Gasteiger charge is 2.03. The van der Waals surface area contributed by atoms with Crippen LogP contribution in [-0.2, 0) is 6.54 Å². The van der Waals surface area contributed by atoms with E-state index < -0.39 is 0 Å². The second-order valence-electron chi connectivity index (χ2n) is 4.48. The molecule has 0 radical (unpaired) electrons. The van der Waals surface area contributed by atoms with Gasteiger partial charge in [-0.15, -0.1) is 11.3 Å². The van der Waals surface area contributed by atoms with E-state index in [1.165, 1.54) is 16.1 Å². The van der Waals surface area contributed by atoms with Crippen molar-refractivity contribution < 1.29 is 0 Å². The molecule has 0 aliphatic heterocycles. The van der Waals surface area contributed by atoms with Gasteiger partial charge in [0, 0.05) is 46.7 Å². The van der Waals surface area contributed by atoms with Crippen molar-refractivity contribution in [2.45, 2.75) is 13.5 Å². The van der Waals surface area contributed by atoms with Crippen LogP contribution in [0.15, 0.2) is 34.1 Å². The topological polar surface area (TPSA) is 15.3 Å². The first kappa shape index (κ1) is 13.4. The molecule has 0 amide bonds. The minimum atomic E-state index is 0.867. The predicted molar refractivity (Wildman–Crippen MR) is 84.9 cm³/mol. The summed E-state index contributed by atoms with van der Waals surface area (Å²) in [6.45, 7) is 3.00. The number of benzene rings is 1. The zero-order valence-electron chi connectivity index (χ0n) is 10.8. The molecule has 0 bridgehead atoms. The van der Waals surface area contributed by atoms with E-state index in [1.807, 2.05) is 0 Å². The van der Waals surface area contributed by atoms with E-state index >= 15 is 0 Å². The second-order valence-corrected chi connectivity index (χ2v) is 6.39. The van der Waals surface area contributed by atoms with Crippen molar-refractivity contribution in [3.63, 3.8) is 0 Å². The van der Waals surface area contributed by atoms with E-state index in [-0.39, 0.29) is 0 Å². The number of anilines is 2. The van der Waals surface area contributed by atoms with E-state index in [9.17, 15) is 0 Å². The van der Waals surface area contributed by atoms with Crippen molar-refractivity contribution in [2.24, 2.45) is 0 Å². The van der Waals surface area contributed by atoms with Crippen LogP contribution in [0, 0.1) is 6.92 Å². The molecule has 0 aliphatic rings. The van der Waals surface area contributed by atoms with Gasteiger partial charge in [0.2, 0.25) is 0 Å². The number of thiophene rings is 1. The van der Waals surface area contributed by atoms with Crippen molar-refractivity contribution in [1.29, 1.82) is 0 Å². The van der Waals surface area contributed by atoms with Crippen LogP contribution in [0.3, 0.4) is 0 Å². The monoisotopic (exact) mass is 324 g/mol. The van der Waals surface area contributed by atoms with Crippen LogP contribution in [0.1, 0.15) is 10.4 Å². The molecular formula is C14H17BrN2S. The number of halogens is 1. The zero-order valence-corrected chi connectivity index (χ0v) is 13.2. The molecule has 0 unspecified atom stereocenters. The summed E-state index contributed by atoms with van der Waals surface area (Å²) in [7, 11) is 4.14. The third-order valence-electron chi connectivity index (χ3n) is 2.78. The number of nitrogens with one attached hydrogen (secondary N) is 1. The van der Waals surface area contributed by atoms with Gasteiger partial charge in [-0.3, -0.25) is 0 Å². The number of nitrogens with zero attached hydrogens (tertiary/aromatic N) is 1. The molecule has 1 aromatic carbocycles. The zero-order chi connectivity index (χ0) is 13.1. The number of rotatable bonds is 4. The molecule has 2 nitrogen and oxygen atoms in total. The maximum atomic E-state index is 3.47. The first-order chi connectivity index (χ1) is 8.56. The smallest absolute Gasteiger partial charge is 0.0494 e. The summed E-state index contributed by atoms with van der Waals surface area (Å²) in [5.74, 6) is 0. The van der Waals surface area contributed by atoms with Gasteiger partial charge >= 0.3 is 0 Å². The van der Waals surface area contributed by atoms with Crippen LogP contribution in [0.4, 0.5) is 11.4 Å². The summed E-state index contributed by atoms with van der Waals surface area (Å²) >= 11 is 5.24. The highest BCUT2D eigenvalue weighted by molar-refractivity contribution is 9.10. The molecule has 0 aliphatic carbocycles. The lowest BCUT2D eigenvalue weighted by Crippen LogP contribution is -2.10. The summed E-state index contributed by atoms with van der Waals surface area (Å²) in [4.78, 5) is 3.47. The maximum Gasteiger partial charge on any atom is 0.0494 e. The highest BCUT2D eigenvalue weighted by atomic mass is 79.9. The normalized spacial score (nSPS) is 10.4. The Morgan fingerprint density at radius 3 is 2.67 bits per heavy atom. The van der Waals surface area contributed by atoms with E-state index in [0.29, 0.717) is 0 Å². The lowest BCUT2D eigenvalue weighted by Gasteiger charge is -2.17. The Morgan fingerprint density at radius 2 is 2.06 bits per heavy atom.